The monoisotopic (exact) mass is 231 g/mol. The van der Waals surface area contributed by atoms with Gasteiger partial charge in [0.15, 0.2) is 5.78 Å². The van der Waals surface area contributed by atoms with Crippen molar-refractivity contribution in [1.29, 1.82) is 0 Å². The minimum Gasteiger partial charge on any atom is -0.387 e. The summed E-state index contributed by atoms with van der Waals surface area (Å²) in [7, 11) is 1.84. The van der Waals surface area contributed by atoms with Gasteiger partial charge in [0.05, 0.1) is 10.6 Å². The van der Waals surface area contributed by atoms with E-state index in [0.717, 1.165) is 21.0 Å². The summed E-state index contributed by atoms with van der Waals surface area (Å²) in [5.74, 6) is 0.108. The SMILES string of the molecule is CNc1cc(-c2ccccc2)sc1C(C)=O. The van der Waals surface area contributed by atoms with Gasteiger partial charge in [-0.25, -0.2) is 0 Å². The summed E-state index contributed by atoms with van der Waals surface area (Å²) in [6, 6.07) is 12.1. The van der Waals surface area contributed by atoms with Gasteiger partial charge < -0.3 is 5.32 Å². The minimum absolute atomic E-state index is 0.108. The van der Waals surface area contributed by atoms with Gasteiger partial charge in [-0.1, -0.05) is 30.3 Å². The van der Waals surface area contributed by atoms with E-state index in [-0.39, 0.29) is 5.78 Å². The van der Waals surface area contributed by atoms with Gasteiger partial charge in [-0.05, 0) is 11.6 Å². The molecule has 0 radical (unpaired) electrons. The quantitative estimate of drug-likeness (QED) is 0.817. The minimum atomic E-state index is 0.108. The summed E-state index contributed by atoms with van der Waals surface area (Å²) >= 11 is 1.53. The summed E-state index contributed by atoms with van der Waals surface area (Å²) in [4.78, 5) is 13.4. The number of hydrogen-bond donors (Lipinski definition) is 1. The van der Waals surface area contributed by atoms with Gasteiger partial charge in [-0.3, -0.25) is 4.79 Å². The fourth-order valence-electron chi connectivity index (χ4n) is 1.58. The van der Waals surface area contributed by atoms with Crippen molar-refractivity contribution < 1.29 is 4.79 Å². The van der Waals surface area contributed by atoms with Crippen molar-refractivity contribution in [3.8, 4) is 10.4 Å². The third kappa shape index (κ3) is 1.99. The Kier molecular flexibility index (Phi) is 3.06. The van der Waals surface area contributed by atoms with Gasteiger partial charge in [0.1, 0.15) is 0 Å². The van der Waals surface area contributed by atoms with Crippen molar-refractivity contribution in [2.75, 3.05) is 12.4 Å². The zero-order chi connectivity index (χ0) is 11.5. The van der Waals surface area contributed by atoms with Crippen molar-refractivity contribution in [2.24, 2.45) is 0 Å². The molecule has 0 aliphatic heterocycles. The van der Waals surface area contributed by atoms with E-state index in [2.05, 4.69) is 17.4 Å². The van der Waals surface area contributed by atoms with Crippen molar-refractivity contribution in [1.82, 2.24) is 0 Å². The maximum Gasteiger partial charge on any atom is 0.171 e. The highest BCUT2D eigenvalue weighted by atomic mass is 32.1. The Bertz CT molecular complexity index is 502. The highest BCUT2D eigenvalue weighted by Gasteiger charge is 2.12. The van der Waals surface area contributed by atoms with Crippen LogP contribution in [0.15, 0.2) is 36.4 Å². The van der Waals surface area contributed by atoms with E-state index in [1.54, 1.807) is 6.92 Å². The van der Waals surface area contributed by atoms with E-state index in [0.29, 0.717) is 0 Å². The van der Waals surface area contributed by atoms with Crippen LogP contribution in [0.4, 0.5) is 5.69 Å². The highest BCUT2D eigenvalue weighted by molar-refractivity contribution is 7.18. The van der Waals surface area contributed by atoms with Crippen molar-refractivity contribution in [3.63, 3.8) is 0 Å². The number of benzene rings is 1. The van der Waals surface area contributed by atoms with Gasteiger partial charge in [0.2, 0.25) is 0 Å². The molecule has 0 spiro atoms. The molecule has 16 heavy (non-hydrogen) atoms. The fraction of sp³-hybridized carbons (Fsp3) is 0.154. The van der Waals surface area contributed by atoms with Gasteiger partial charge >= 0.3 is 0 Å². The first kappa shape index (κ1) is 10.9. The molecule has 0 saturated heterocycles. The third-order valence-electron chi connectivity index (χ3n) is 2.38. The lowest BCUT2D eigenvalue weighted by Crippen LogP contribution is -1.94. The number of ketones is 1. The predicted molar refractivity (Wildman–Crippen MR) is 69.3 cm³/mol. The molecule has 3 heteroatoms. The summed E-state index contributed by atoms with van der Waals surface area (Å²) in [6.07, 6.45) is 0. The number of Topliss-reactive ketones (excluding diaryl/α,β-unsaturated/α-hetero) is 1. The zero-order valence-electron chi connectivity index (χ0n) is 9.28. The van der Waals surface area contributed by atoms with Crippen molar-refractivity contribution >= 4 is 22.8 Å². The fourth-order valence-corrected chi connectivity index (χ4v) is 2.65. The van der Waals surface area contributed by atoms with Crippen LogP contribution in [0.1, 0.15) is 16.6 Å². The number of rotatable bonds is 3. The second-order valence-electron chi connectivity index (χ2n) is 3.53. The van der Waals surface area contributed by atoms with E-state index < -0.39 is 0 Å². The van der Waals surface area contributed by atoms with E-state index in [9.17, 15) is 4.79 Å². The molecule has 0 saturated carbocycles. The smallest absolute Gasteiger partial charge is 0.171 e. The van der Waals surface area contributed by atoms with E-state index in [1.165, 1.54) is 11.3 Å². The van der Waals surface area contributed by atoms with Crippen LogP contribution in [-0.4, -0.2) is 12.8 Å². The van der Waals surface area contributed by atoms with Crippen LogP contribution in [0.25, 0.3) is 10.4 Å². The zero-order valence-corrected chi connectivity index (χ0v) is 10.1. The molecule has 0 aliphatic carbocycles. The highest BCUT2D eigenvalue weighted by Crippen LogP contribution is 2.34. The molecule has 1 N–H and O–H groups in total. The number of anilines is 1. The molecule has 2 nitrogen and oxygen atoms in total. The van der Waals surface area contributed by atoms with Crippen LogP contribution in [-0.2, 0) is 0 Å². The first-order chi connectivity index (χ1) is 7.72. The lowest BCUT2D eigenvalue weighted by Gasteiger charge is -1.96. The lowest BCUT2D eigenvalue weighted by molar-refractivity contribution is 0.102. The van der Waals surface area contributed by atoms with Crippen LogP contribution in [0.2, 0.25) is 0 Å². The predicted octanol–water partition coefficient (Wildman–Crippen LogP) is 3.66. The molecule has 2 aromatic rings. The molecular formula is C13H13NOS. The number of hydrogen-bond acceptors (Lipinski definition) is 3. The Morgan fingerprint density at radius 2 is 1.94 bits per heavy atom. The maximum absolute atomic E-state index is 11.4. The Hall–Kier alpha value is -1.61. The first-order valence-electron chi connectivity index (χ1n) is 5.10. The molecule has 82 valence electrons. The molecule has 0 aliphatic rings. The summed E-state index contributed by atoms with van der Waals surface area (Å²) < 4.78 is 0. The largest absolute Gasteiger partial charge is 0.387 e. The second-order valence-corrected chi connectivity index (χ2v) is 4.58. The van der Waals surface area contributed by atoms with Crippen LogP contribution in [0.5, 0.6) is 0 Å². The van der Waals surface area contributed by atoms with Crippen LogP contribution in [0.3, 0.4) is 0 Å². The first-order valence-corrected chi connectivity index (χ1v) is 5.92. The van der Waals surface area contributed by atoms with E-state index >= 15 is 0 Å². The summed E-state index contributed by atoms with van der Waals surface area (Å²) in [5, 5.41) is 3.06. The number of thiophene rings is 1. The molecule has 1 aromatic carbocycles. The maximum atomic E-state index is 11.4. The number of carbonyl (C=O) groups is 1. The Balaban J connectivity index is 2.48. The van der Waals surface area contributed by atoms with Crippen LogP contribution >= 0.6 is 11.3 Å². The number of nitrogens with one attached hydrogen (secondary N) is 1. The molecule has 1 heterocycles. The molecular weight excluding hydrogens is 218 g/mol. The topological polar surface area (TPSA) is 29.1 Å². The van der Waals surface area contributed by atoms with E-state index in [1.807, 2.05) is 31.3 Å². The Morgan fingerprint density at radius 3 is 2.44 bits per heavy atom. The van der Waals surface area contributed by atoms with Gasteiger partial charge in [0, 0.05) is 18.8 Å². The average molecular weight is 231 g/mol. The lowest BCUT2D eigenvalue weighted by atomic mass is 10.2. The van der Waals surface area contributed by atoms with Crippen molar-refractivity contribution in [3.05, 3.63) is 41.3 Å². The van der Waals surface area contributed by atoms with Crippen LogP contribution < -0.4 is 5.32 Å². The average Bonchev–Trinajstić information content (AvgIpc) is 2.74. The number of carbonyl (C=O) groups excluding carboxylic acids is 1. The second kappa shape index (κ2) is 4.49. The normalized spacial score (nSPS) is 10.1. The molecule has 0 fully saturated rings. The van der Waals surface area contributed by atoms with Crippen LogP contribution in [0, 0.1) is 0 Å². The Labute approximate surface area is 98.9 Å². The molecule has 2 rings (SSSR count). The Morgan fingerprint density at radius 1 is 1.25 bits per heavy atom. The molecule has 0 amide bonds. The van der Waals surface area contributed by atoms with Crippen molar-refractivity contribution in [2.45, 2.75) is 6.92 Å². The van der Waals surface area contributed by atoms with Gasteiger partial charge in [0.25, 0.3) is 0 Å². The molecule has 0 bridgehead atoms. The van der Waals surface area contributed by atoms with Gasteiger partial charge in [-0.15, -0.1) is 11.3 Å². The van der Waals surface area contributed by atoms with Gasteiger partial charge in [-0.2, -0.15) is 0 Å². The summed E-state index contributed by atoms with van der Waals surface area (Å²) in [5.41, 5.74) is 2.06. The third-order valence-corrected chi connectivity index (χ3v) is 3.66. The summed E-state index contributed by atoms with van der Waals surface area (Å²) in [6.45, 7) is 1.60. The molecule has 0 atom stereocenters. The molecule has 1 aromatic heterocycles. The molecule has 0 unspecified atom stereocenters. The standard InChI is InChI=1S/C13H13NOS/c1-9(15)13-11(14-2)8-12(16-13)10-6-4-3-5-7-10/h3-8,14H,1-2H3. The van der Waals surface area contributed by atoms with E-state index in [4.69, 9.17) is 0 Å².